The van der Waals surface area contributed by atoms with Crippen LogP contribution < -0.4 is 5.56 Å². The highest BCUT2D eigenvalue weighted by Gasteiger charge is 2.20. The Balaban J connectivity index is 2.12. The summed E-state index contributed by atoms with van der Waals surface area (Å²) in [5, 5.41) is 16.9. The van der Waals surface area contributed by atoms with Crippen molar-refractivity contribution >= 4 is 28.8 Å². The fraction of sp³-hybridized carbons (Fsp3) is 0. The summed E-state index contributed by atoms with van der Waals surface area (Å²) in [7, 11) is 0. The summed E-state index contributed by atoms with van der Waals surface area (Å²) < 4.78 is 1.04. The zero-order valence-electron chi connectivity index (χ0n) is 15.7. The van der Waals surface area contributed by atoms with Gasteiger partial charge in [-0.1, -0.05) is 43.0 Å². The van der Waals surface area contributed by atoms with Crippen molar-refractivity contribution in [1.82, 2.24) is 9.78 Å². The van der Waals surface area contributed by atoms with Crippen molar-refractivity contribution in [3.63, 3.8) is 0 Å². The molecule has 1 aromatic heterocycles. The number of fused-ring (bicyclic) bond motifs is 1. The molecule has 146 valence electrons. The maximum atomic E-state index is 13.1. The van der Waals surface area contributed by atoms with E-state index in [-0.39, 0.29) is 11.4 Å². The largest absolute Gasteiger partial charge is 0.298 e. The molecule has 0 fully saturated rings. The molecule has 0 spiro atoms. The fourth-order valence-electron chi connectivity index (χ4n) is 3.36. The molecule has 0 atom stereocenters. The second-order valence-corrected chi connectivity index (χ2v) is 6.57. The highest BCUT2D eigenvalue weighted by Crippen LogP contribution is 2.29. The van der Waals surface area contributed by atoms with Crippen molar-refractivity contribution in [2.24, 2.45) is 0 Å². The molecule has 7 nitrogen and oxygen atoms in total. The number of hydrogen-bond donors (Lipinski definition) is 0. The van der Waals surface area contributed by atoms with Gasteiger partial charge in [0.2, 0.25) is 0 Å². The third-order valence-electron chi connectivity index (χ3n) is 4.73. The van der Waals surface area contributed by atoms with Crippen LogP contribution in [0.5, 0.6) is 0 Å². The van der Waals surface area contributed by atoms with Crippen LogP contribution in [0.3, 0.4) is 0 Å². The van der Waals surface area contributed by atoms with Gasteiger partial charge in [0.25, 0.3) is 11.2 Å². The molecule has 4 aromatic rings. The molecule has 0 aliphatic rings. The lowest BCUT2D eigenvalue weighted by molar-refractivity contribution is -0.384. The predicted molar refractivity (Wildman–Crippen MR) is 115 cm³/mol. The van der Waals surface area contributed by atoms with E-state index >= 15 is 0 Å². The van der Waals surface area contributed by atoms with Gasteiger partial charge in [0, 0.05) is 22.6 Å². The number of carbonyl (C=O) groups excluding carboxylic acids is 1. The monoisotopic (exact) mass is 397 g/mol. The van der Waals surface area contributed by atoms with Crippen LogP contribution >= 0.6 is 0 Å². The molecule has 7 heteroatoms. The number of hydrogen-bond acceptors (Lipinski definition) is 5. The number of rotatable bonds is 5. The fourth-order valence-corrected chi connectivity index (χ4v) is 3.36. The van der Waals surface area contributed by atoms with Gasteiger partial charge < -0.3 is 0 Å². The summed E-state index contributed by atoms with van der Waals surface area (Å²) in [4.78, 5) is 35.5. The van der Waals surface area contributed by atoms with Crippen molar-refractivity contribution in [1.29, 1.82) is 0 Å². The van der Waals surface area contributed by atoms with Crippen LogP contribution in [-0.2, 0) is 0 Å². The standard InChI is InChI=1S/C23H15N3O4/c1-2-15-11-16(14-27)13-17(12-15)22-18-7-3-4-8-19(18)23(28)25(24-22)20-9-5-6-10-21(20)26(29)30/h2-14H,1H2. The SMILES string of the molecule is C=Cc1cc(C=O)cc(-c2nn(-c3ccccc3[N+](=O)[O-])c(=O)c3ccccc23)c1. The highest BCUT2D eigenvalue weighted by molar-refractivity contribution is 5.95. The van der Waals surface area contributed by atoms with Gasteiger partial charge in [0.05, 0.1) is 16.0 Å². The van der Waals surface area contributed by atoms with Crippen molar-refractivity contribution in [3.05, 3.63) is 105 Å². The first-order valence-electron chi connectivity index (χ1n) is 9.02. The van der Waals surface area contributed by atoms with Crippen LogP contribution in [0.15, 0.2) is 78.1 Å². The Kier molecular flexibility index (Phi) is 4.77. The van der Waals surface area contributed by atoms with E-state index in [9.17, 15) is 19.7 Å². The zero-order valence-corrected chi connectivity index (χ0v) is 15.7. The molecule has 0 unspecified atom stereocenters. The van der Waals surface area contributed by atoms with Gasteiger partial charge in [0.15, 0.2) is 0 Å². The number of nitro groups is 1. The Morgan fingerprint density at radius 2 is 1.63 bits per heavy atom. The highest BCUT2D eigenvalue weighted by atomic mass is 16.6. The van der Waals surface area contributed by atoms with E-state index in [1.54, 1.807) is 54.6 Å². The quantitative estimate of drug-likeness (QED) is 0.282. The Morgan fingerprint density at radius 3 is 2.33 bits per heavy atom. The number of para-hydroxylation sites is 2. The number of aromatic nitrogens is 2. The Bertz CT molecular complexity index is 1360. The minimum atomic E-state index is -0.554. The molecular weight excluding hydrogens is 382 g/mol. The van der Waals surface area contributed by atoms with Gasteiger partial charge in [-0.2, -0.15) is 9.78 Å². The molecule has 0 amide bonds. The van der Waals surface area contributed by atoms with E-state index in [4.69, 9.17) is 0 Å². The Morgan fingerprint density at radius 1 is 0.967 bits per heavy atom. The average Bonchev–Trinajstić information content (AvgIpc) is 2.79. The first-order valence-corrected chi connectivity index (χ1v) is 9.02. The normalized spacial score (nSPS) is 10.7. The van der Waals surface area contributed by atoms with E-state index in [1.165, 1.54) is 18.2 Å². The average molecular weight is 397 g/mol. The third kappa shape index (κ3) is 3.18. The van der Waals surface area contributed by atoms with Gasteiger partial charge in [-0.3, -0.25) is 19.7 Å². The van der Waals surface area contributed by atoms with Gasteiger partial charge >= 0.3 is 0 Å². The van der Waals surface area contributed by atoms with E-state index in [0.29, 0.717) is 33.2 Å². The van der Waals surface area contributed by atoms with Crippen LogP contribution in [0.4, 0.5) is 5.69 Å². The predicted octanol–water partition coefficient (Wildman–Crippen LogP) is 4.42. The lowest BCUT2D eigenvalue weighted by atomic mass is 10.0. The van der Waals surface area contributed by atoms with Crippen LogP contribution in [0.2, 0.25) is 0 Å². The molecular formula is C23H15N3O4. The smallest absolute Gasteiger partial charge is 0.295 e. The lowest BCUT2D eigenvalue weighted by Gasteiger charge is -2.12. The first kappa shape index (κ1) is 18.9. The van der Waals surface area contributed by atoms with Crippen molar-refractivity contribution in [2.75, 3.05) is 0 Å². The van der Waals surface area contributed by atoms with Crippen molar-refractivity contribution in [2.45, 2.75) is 0 Å². The number of carbonyl (C=O) groups is 1. The Labute approximate surface area is 170 Å². The number of aldehydes is 1. The van der Waals surface area contributed by atoms with Crippen LogP contribution in [0, 0.1) is 10.1 Å². The summed E-state index contributed by atoms with van der Waals surface area (Å²) in [6.45, 7) is 3.75. The summed E-state index contributed by atoms with van der Waals surface area (Å²) in [6.07, 6.45) is 2.33. The summed E-state index contributed by atoms with van der Waals surface area (Å²) in [5.41, 5.74) is 1.52. The van der Waals surface area contributed by atoms with Gasteiger partial charge in [0.1, 0.15) is 12.0 Å². The van der Waals surface area contributed by atoms with Crippen LogP contribution in [-0.4, -0.2) is 21.0 Å². The van der Waals surface area contributed by atoms with Crippen molar-refractivity contribution in [3.8, 4) is 16.9 Å². The molecule has 0 radical (unpaired) electrons. The molecule has 0 saturated carbocycles. The minimum Gasteiger partial charge on any atom is -0.298 e. The molecule has 0 bridgehead atoms. The second kappa shape index (κ2) is 7.56. The maximum Gasteiger partial charge on any atom is 0.295 e. The van der Waals surface area contributed by atoms with Crippen LogP contribution in [0.25, 0.3) is 33.8 Å². The lowest BCUT2D eigenvalue weighted by Crippen LogP contribution is -2.23. The van der Waals surface area contributed by atoms with E-state index in [2.05, 4.69) is 11.7 Å². The second-order valence-electron chi connectivity index (χ2n) is 6.57. The molecule has 0 N–H and O–H groups in total. The summed E-state index contributed by atoms with van der Waals surface area (Å²) in [6, 6.07) is 18.0. The molecule has 1 heterocycles. The van der Waals surface area contributed by atoms with Gasteiger partial charge in [-0.25, -0.2) is 0 Å². The minimum absolute atomic E-state index is 0.0648. The third-order valence-corrected chi connectivity index (χ3v) is 4.73. The first-order chi connectivity index (χ1) is 14.5. The van der Waals surface area contributed by atoms with Gasteiger partial charge in [-0.05, 0) is 35.9 Å². The van der Waals surface area contributed by atoms with Crippen LogP contribution in [0.1, 0.15) is 15.9 Å². The van der Waals surface area contributed by atoms with Crippen molar-refractivity contribution < 1.29 is 9.72 Å². The maximum absolute atomic E-state index is 13.1. The molecule has 0 aliphatic heterocycles. The molecule has 4 rings (SSSR count). The Hall–Kier alpha value is -4.39. The zero-order chi connectivity index (χ0) is 21.3. The van der Waals surface area contributed by atoms with Gasteiger partial charge in [-0.15, -0.1) is 0 Å². The molecule has 0 aliphatic carbocycles. The summed E-state index contributed by atoms with van der Waals surface area (Å²) in [5.74, 6) is 0. The topological polar surface area (TPSA) is 95.1 Å². The molecule has 3 aromatic carbocycles. The van der Waals surface area contributed by atoms with E-state index < -0.39 is 10.5 Å². The molecule has 0 saturated heterocycles. The number of benzene rings is 3. The molecule has 30 heavy (non-hydrogen) atoms. The van der Waals surface area contributed by atoms with E-state index in [0.717, 1.165) is 11.0 Å². The number of nitro benzene ring substituents is 1. The number of nitrogens with zero attached hydrogens (tertiary/aromatic N) is 3. The van der Waals surface area contributed by atoms with E-state index in [1.807, 2.05) is 0 Å². The summed E-state index contributed by atoms with van der Waals surface area (Å²) >= 11 is 0.